The molecule has 0 radical (unpaired) electrons. The number of ether oxygens (including phenoxy) is 1. The van der Waals surface area contributed by atoms with E-state index in [1.54, 1.807) is 4.90 Å². The van der Waals surface area contributed by atoms with E-state index in [0.29, 0.717) is 19.6 Å². The standard InChI is InChI=1S/C12H24N2O5S/c1-12(2,3)19-11(15)14-8-10(9-14)13(4)6-7-18-20(5,16)17/h10H,6-9H2,1-5H3. The maximum absolute atomic E-state index is 11.7. The summed E-state index contributed by atoms with van der Waals surface area (Å²) in [6.07, 6.45) is 0.718. The molecule has 0 aliphatic carbocycles. The quantitative estimate of drug-likeness (QED) is 0.689. The molecule has 1 aliphatic heterocycles. The lowest BCUT2D eigenvalue weighted by Crippen LogP contribution is -2.61. The van der Waals surface area contributed by atoms with E-state index in [2.05, 4.69) is 4.18 Å². The summed E-state index contributed by atoms with van der Waals surface area (Å²) in [6.45, 7) is 7.29. The minimum atomic E-state index is -3.39. The summed E-state index contributed by atoms with van der Waals surface area (Å²) in [4.78, 5) is 15.3. The summed E-state index contributed by atoms with van der Waals surface area (Å²) in [5, 5.41) is 0. The van der Waals surface area contributed by atoms with E-state index in [-0.39, 0.29) is 18.7 Å². The van der Waals surface area contributed by atoms with Gasteiger partial charge in [-0.25, -0.2) is 4.79 Å². The van der Waals surface area contributed by atoms with Gasteiger partial charge < -0.3 is 9.64 Å². The van der Waals surface area contributed by atoms with Gasteiger partial charge in [-0.1, -0.05) is 0 Å². The van der Waals surface area contributed by atoms with Crippen LogP contribution in [0.5, 0.6) is 0 Å². The third-order valence-electron chi connectivity index (χ3n) is 2.88. The highest BCUT2D eigenvalue weighted by molar-refractivity contribution is 7.85. The first-order valence-electron chi connectivity index (χ1n) is 6.50. The Kier molecular flexibility index (Phi) is 5.39. The molecule has 0 spiro atoms. The van der Waals surface area contributed by atoms with Crippen LogP contribution in [0.4, 0.5) is 4.79 Å². The second-order valence-electron chi connectivity index (χ2n) is 6.05. The van der Waals surface area contributed by atoms with Crippen LogP contribution in [0, 0.1) is 0 Å². The van der Waals surface area contributed by atoms with Gasteiger partial charge in [0.25, 0.3) is 10.1 Å². The van der Waals surface area contributed by atoms with Crippen LogP contribution < -0.4 is 0 Å². The van der Waals surface area contributed by atoms with E-state index >= 15 is 0 Å². The highest BCUT2D eigenvalue weighted by Crippen LogP contribution is 2.18. The lowest BCUT2D eigenvalue weighted by Gasteiger charge is -2.43. The fourth-order valence-corrected chi connectivity index (χ4v) is 2.10. The normalized spacial score (nSPS) is 17.2. The largest absolute Gasteiger partial charge is 0.444 e. The molecule has 0 N–H and O–H groups in total. The van der Waals surface area contributed by atoms with E-state index in [0.717, 1.165) is 6.26 Å². The van der Waals surface area contributed by atoms with Crippen molar-refractivity contribution in [2.45, 2.75) is 32.4 Å². The van der Waals surface area contributed by atoms with E-state index in [1.807, 2.05) is 32.7 Å². The second kappa shape index (κ2) is 6.28. The van der Waals surface area contributed by atoms with Crippen molar-refractivity contribution in [1.82, 2.24) is 9.80 Å². The molecule has 1 rings (SSSR count). The monoisotopic (exact) mass is 308 g/mol. The number of likely N-dealkylation sites (tertiary alicyclic amines) is 1. The Balaban J connectivity index is 2.25. The number of hydrogen-bond acceptors (Lipinski definition) is 6. The van der Waals surface area contributed by atoms with Crippen molar-refractivity contribution in [2.24, 2.45) is 0 Å². The zero-order valence-electron chi connectivity index (χ0n) is 12.7. The number of carbonyl (C=O) groups is 1. The third-order valence-corrected chi connectivity index (χ3v) is 3.47. The second-order valence-corrected chi connectivity index (χ2v) is 7.69. The van der Waals surface area contributed by atoms with Gasteiger partial charge in [0.1, 0.15) is 5.60 Å². The molecule has 0 bridgehead atoms. The lowest BCUT2D eigenvalue weighted by atomic mass is 10.1. The van der Waals surface area contributed by atoms with Crippen molar-refractivity contribution in [1.29, 1.82) is 0 Å². The third kappa shape index (κ3) is 6.06. The Bertz CT molecular complexity index is 437. The summed E-state index contributed by atoms with van der Waals surface area (Å²) >= 11 is 0. The molecule has 20 heavy (non-hydrogen) atoms. The Labute approximate surface area is 120 Å². The number of amides is 1. The molecule has 7 nitrogen and oxygen atoms in total. The van der Waals surface area contributed by atoms with Crippen LogP contribution >= 0.6 is 0 Å². The molecule has 8 heteroatoms. The smallest absolute Gasteiger partial charge is 0.410 e. The van der Waals surface area contributed by atoms with Gasteiger partial charge in [0.15, 0.2) is 0 Å². The summed E-state index contributed by atoms with van der Waals surface area (Å²) in [5.74, 6) is 0. The fourth-order valence-electron chi connectivity index (χ4n) is 1.72. The summed E-state index contributed by atoms with van der Waals surface area (Å²) < 4.78 is 31.6. The van der Waals surface area contributed by atoms with Gasteiger partial charge in [0.05, 0.1) is 12.9 Å². The molecule has 1 aliphatic rings. The Morgan fingerprint density at radius 1 is 1.35 bits per heavy atom. The first kappa shape index (κ1) is 17.2. The van der Waals surface area contributed by atoms with Crippen LogP contribution in [0.1, 0.15) is 20.8 Å². The average molecular weight is 308 g/mol. The Morgan fingerprint density at radius 2 is 1.90 bits per heavy atom. The minimum absolute atomic E-state index is 0.123. The number of rotatable bonds is 5. The molecule has 0 atom stereocenters. The number of nitrogens with zero attached hydrogens (tertiary/aromatic N) is 2. The predicted molar refractivity (Wildman–Crippen MR) is 75.0 cm³/mol. The SMILES string of the molecule is CN(CCOS(C)(=O)=O)C1CN(C(=O)OC(C)(C)C)C1. The van der Waals surface area contributed by atoms with Crippen LogP contribution in [-0.4, -0.2) is 75.5 Å². The maximum Gasteiger partial charge on any atom is 0.410 e. The summed E-state index contributed by atoms with van der Waals surface area (Å²) in [5.41, 5.74) is -0.489. The van der Waals surface area contributed by atoms with E-state index in [4.69, 9.17) is 4.74 Å². The first-order chi connectivity index (χ1) is 8.98. The van der Waals surface area contributed by atoms with Crippen molar-refractivity contribution in [3.8, 4) is 0 Å². The molecule has 0 aromatic rings. The van der Waals surface area contributed by atoms with Crippen LogP contribution in [-0.2, 0) is 19.0 Å². The van der Waals surface area contributed by atoms with Gasteiger partial charge >= 0.3 is 6.09 Å². The molecule has 1 saturated heterocycles. The highest BCUT2D eigenvalue weighted by atomic mass is 32.2. The summed E-state index contributed by atoms with van der Waals surface area (Å²) in [6, 6.07) is 0.214. The van der Waals surface area contributed by atoms with Gasteiger partial charge in [-0.15, -0.1) is 0 Å². The highest BCUT2D eigenvalue weighted by Gasteiger charge is 2.35. The number of carbonyl (C=O) groups excluding carboxylic acids is 1. The van der Waals surface area contributed by atoms with Crippen LogP contribution in [0.25, 0.3) is 0 Å². The van der Waals surface area contributed by atoms with Crippen molar-refractivity contribution in [3.05, 3.63) is 0 Å². The number of likely N-dealkylation sites (N-methyl/N-ethyl adjacent to an activating group) is 1. The molecule has 0 unspecified atom stereocenters. The van der Waals surface area contributed by atoms with Crippen LogP contribution in [0.3, 0.4) is 0 Å². The van der Waals surface area contributed by atoms with Gasteiger partial charge in [-0.05, 0) is 27.8 Å². The Morgan fingerprint density at radius 3 is 2.35 bits per heavy atom. The molecule has 118 valence electrons. The molecular formula is C12H24N2O5S. The van der Waals surface area contributed by atoms with Crippen LogP contribution in [0.2, 0.25) is 0 Å². The fraction of sp³-hybridized carbons (Fsp3) is 0.917. The molecule has 0 saturated carbocycles. The zero-order valence-corrected chi connectivity index (χ0v) is 13.6. The maximum atomic E-state index is 11.7. The van der Waals surface area contributed by atoms with E-state index in [9.17, 15) is 13.2 Å². The molecule has 0 aromatic heterocycles. The molecular weight excluding hydrogens is 284 g/mol. The molecule has 1 fully saturated rings. The molecule has 1 heterocycles. The number of hydrogen-bond donors (Lipinski definition) is 0. The Hall–Kier alpha value is -0.860. The topological polar surface area (TPSA) is 76.2 Å². The van der Waals surface area contributed by atoms with Crippen LogP contribution in [0.15, 0.2) is 0 Å². The molecule has 0 aromatic carbocycles. The summed E-state index contributed by atoms with van der Waals surface area (Å²) in [7, 11) is -1.51. The van der Waals surface area contributed by atoms with Gasteiger partial charge in [-0.2, -0.15) is 8.42 Å². The minimum Gasteiger partial charge on any atom is -0.444 e. The van der Waals surface area contributed by atoms with E-state index < -0.39 is 15.7 Å². The first-order valence-corrected chi connectivity index (χ1v) is 8.32. The van der Waals surface area contributed by atoms with Gasteiger partial charge in [0, 0.05) is 25.7 Å². The van der Waals surface area contributed by atoms with Crippen molar-refractivity contribution >= 4 is 16.2 Å². The van der Waals surface area contributed by atoms with Gasteiger partial charge in [0.2, 0.25) is 0 Å². The van der Waals surface area contributed by atoms with E-state index in [1.165, 1.54) is 0 Å². The van der Waals surface area contributed by atoms with Crippen molar-refractivity contribution in [2.75, 3.05) is 39.5 Å². The zero-order chi connectivity index (χ0) is 15.6. The van der Waals surface area contributed by atoms with Gasteiger partial charge in [-0.3, -0.25) is 9.08 Å². The van der Waals surface area contributed by atoms with Crippen molar-refractivity contribution in [3.63, 3.8) is 0 Å². The lowest BCUT2D eigenvalue weighted by molar-refractivity contribution is -0.0120. The molecule has 1 amide bonds. The average Bonchev–Trinajstić information content (AvgIpc) is 2.09. The predicted octanol–water partition coefficient (Wildman–Crippen LogP) is 0.514. The van der Waals surface area contributed by atoms with Crippen molar-refractivity contribution < 1.29 is 22.1 Å².